The Bertz CT molecular complexity index is 962. The van der Waals surface area contributed by atoms with Gasteiger partial charge in [-0.2, -0.15) is 0 Å². The maximum absolute atomic E-state index is 13.1. The van der Waals surface area contributed by atoms with Gasteiger partial charge in [0.15, 0.2) is 0 Å². The van der Waals surface area contributed by atoms with E-state index in [1.54, 1.807) is 13.0 Å². The molecular formula is C28H45NO7. The van der Waals surface area contributed by atoms with E-state index in [2.05, 4.69) is 6.92 Å². The molecule has 2 bridgehead atoms. The lowest BCUT2D eigenvalue weighted by Crippen LogP contribution is -2.69. The molecule has 36 heavy (non-hydrogen) atoms. The van der Waals surface area contributed by atoms with E-state index in [1.807, 2.05) is 20.8 Å². The number of fused-ring (bicyclic) bond motifs is 3. The van der Waals surface area contributed by atoms with Crippen LogP contribution in [0.3, 0.4) is 0 Å². The van der Waals surface area contributed by atoms with Gasteiger partial charge >= 0.3 is 5.97 Å². The molecule has 0 amide bonds. The summed E-state index contributed by atoms with van der Waals surface area (Å²) < 4.78 is 6.27. The van der Waals surface area contributed by atoms with Crippen LogP contribution in [0.1, 0.15) is 79.6 Å². The molecule has 4 aliphatic rings. The number of nitrogens with two attached hydrogens (primary N) is 1. The van der Waals surface area contributed by atoms with Crippen molar-refractivity contribution in [1.82, 2.24) is 0 Å². The van der Waals surface area contributed by atoms with Crippen molar-refractivity contribution in [3.05, 3.63) is 23.3 Å². The highest BCUT2D eigenvalue weighted by molar-refractivity contribution is 5.71. The first kappa shape index (κ1) is 27.7. The largest absolute Gasteiger partial charge is 0.458 e. The van der Waals surface area contributed by atoms with E-state index in [0.717, 1.165) is 32.1 Å². The molecule has 8 heteroatoms. The molecule has 204 valence electrons. The molecule has 9 atom stereocenters. The third-order valence-electron chi connectivity index (χ3n) is 10.2. The van der Waals surface area contributed by atoms with Crippen LogP contribution in [0, 0.1) is 22.7 Å². The normalized spacial score (nSPS) is 46.6. The van der Waals surface area contributed by atoms with Gasteiger partial charge in [-0.1, -0.05) is 65.5 Å². The Labute approximate surface area is 214 Å². The quantitative estimate of drug-likeness (QED) is 0.165. The summed E-state index contributed by atoms with van der Waals surface area (Å²) in [5.74, 6) is -1.36. The molecule has 1 spiro atoms. The number of rotatable bonds is 8. The molecule has 0 aromatic heterocycles. The van der Waals surface area contributed by atoms with Crippen molar-refractivity contribution in [3.8, 4) is 0 Å². The number of carbonyl (C=O) groups is 1. The van der Waals surface area contributed by atoms with Gasteiger partial charge in [0.05, 0.1) is 23.7 Å². The smallest absolute Gasteiger partial charge is 0.306 e. The Morgan fingerprint density at radius 1 is 1.11 bits per heavy atom. The summed E-state index contributed by atoms with van der Waals surface area (Å²) >= 11 is 0. The molecule has 0 saturated heterocycles. The fourth-order valence-corrected chi connectivity index (χ4v) is 8.40. The summed E-state index contributed by atoms with van der Waals surface area (Å²) in [4.78, 5) is 13.1. The second kappa shape index (κ2) is 8.89. The van der Waals surface area contributed by atoms with Gasteiger partial charge in [-0.3, -0.25) is 4.79 Å². The standard InChI is InChI=1S/C28H45NO7/c1-6-7-8-9-10-11-19(31)36-27-13-17(3)25-12-16(2)20(32)28(25,35)21(33)18(15-30)14-26(29,23(25)34)22(27)24(27,4)5/h12,14,17,20-23,30,32-35H,6-11,13,15,29H2,1-5H3/t17-,20+,21-,22+,23?,25+,26-,27+,28-/m1/s1. The van der Waals surface area contributed by atoms with Crippen molar-refractivity contribution < 1.29 is 35.1 Å². The van der Waals surface area contributed by atoms with Crippen LogP contribution >= 0.6 is 0 Å². The fourth-order valence-electron chi connectivity index (χ4n) is 8.40. The van der Waals surface area contributed by atoms with E-state index in [-0.39, 0.29) is 11.5 Å². The molecular weight excluding hydrogens is 462 g/mol. The van der Waals surface area contributed by atoms with Crippen molar-refractivity contribution in [3.63, 3.8) is 0 Å². The Hall–Kier alpha value is -1.29. The second-order valence-corrected chi connectivity index (χ2v) is 12.5. The summed E-state index contributed by atoms with van der Waals surface area (Å²) in [6, 6.07) is 0. The molecule has 2 fully saturated rings. The maximum atomic E-state index is 13.1. The van der Waals surface area contributed by atoms with Crippen molar-refractivity contribution in [2.24, 2.45) is 28.4 Å². The minimum absolute atomic E-state index is 0.0380. The van der Waals surface area contributed by atoms with E-state index >= 15 is 0 Å². The number of aliphatic hydroxyl groups excluding tert-OH is 4. The predicted octanol–water partition coefficient (Wildman–Crippen LogP) is 1.71. The highest BCUT2D eigenvalue weighted by atomic mass is 16.6. The number of carbonyl (C=O) groups excluding carboxylic acids is 1. The van der Waals surface area contributed by atoms with Gasteiger partial charge in [0.25, 0.3) is 0 Å². The van der Waals surface area contributed by atoms with Crippen LogP contribution in [0.15, 0.2) is 23.3 Å². The topological polar surface area (TPSA) is 153 Å². The average Bonchev–Trinajstić information content (AvgIpc) is 3.24. The molecule has 0 heterocycles. The number of esters is 1. The third kappa shape index (κ3) is 3.31. The van der Waals surface area contributed by atoms with Crippen molar-refractivity contribution >= 4 is 5.97 Å². The molecule has 0 aliphatic heterocycles. The fraction of sp³-hybridized carbons (Fsp3) is 0.821. The minimum atomic E-state index is -2.21. The molecule has 0 radical (unpaired) electrons. The van der Waals surface area contributed by atoms with Gasteiger partial charge in [-0.05, 0) is 36.8 Å². The van der Waals surface area contributed by atoms with Crippen LogP contribution in [0.5, 0.6) is 0 Å². The summed E-state index contributed by atoms with van der Waals surface area (Å²) in [5, 5.41) is 56.7. The molecule has 8 nitrogen and oxygen atoms in total. The predicted molar refractivity (Wildman–Crippen MR) is 134 cm³/mol. The summed E-state index contributed by atoms with van der Waals surface area (Å²) in [5.41, 5.74) is 0.623. The molecule has 0 aromatic rings. The maximum Gasteiger partial charge on any atom is 0.306 e. The first-order valence-corrected chi connectivity index (χ1v) is 13.5. The first-order valence-electron chi connectivity index (χ1n) is 13.5. The van der Waals surface area contributed by atoms with E-state index in [9.17, 15) is 30.3 Å². The van der Waals surface area contributed by atoms with E-state index in [0.29, 0.717) is 18.4 Å². The molecule has 4 aliphatic carbocycles. The zero-order chi connectivity index (χ0) is 26.9. The van der Waals surface area contributed by atoms with E-state index in [1.165, 1.54) is 6.08 Å². The van der Waals surface area contributed by atoms with Crippen LogP contribution in [0.4, 0.5) is 0 Å². The van der Waals surface area contributed by atoms with Crippen molar-refractivity contribution in [2.75, 3.05) is 6.61 Å². The van der Waals surface area contributed by atoms with Crippen LogP contribution in [-0.4, -0.2) is 73.2 Å². The number of hydrogen-bond donors (Lipinski definition) is 6. The summed E-state index contributed by atoms with van der Waals surface area (Å²) in [6.45, 7) is 8.93. The first-order chi connectivity index (χ1) is 16.7. The van der Waals surface area contributed by atoms with Gasteiger partial charge in [0.2, 0.25) is 0 Å². The highest BCUT2D eigenvalue weighted by Crippen LogP contribution is 2.76. The average molecular weight is 508 g/mol. The number of aliphatic hydroxyl groups is 5. The molecule has 7 N–H and O–H groups in total. The van der Waals surface area contributed by atoms with Gasteiger partial charge in [0, 0.05) is 17.8 Å². The number of unbranched alkanes of at least 4 members (excludes halogenated alkanes) is 4. The van der Waals surface area contributed by atoms with E-state index < -0.39 is 64.3 Å². The molecule has 2 saturated carbocycles. The minimum Gasteiger partial charge on any atom is -0.458 e. The second-order valence-electron chi connectivity index (χ2n) is 12.5. The zero-order valence-corrected chi connectivity index (χ0v) is 22.3. The van der Waals surface area contributed by atoms with Gasteiger partial charge in [-0.15, -0.1) is 0 Å². The zero-order valence-electron chi connectivity index (χ0n) is 22.3. The number of hydrogen-bond acceptors (Lipinski definition) is 8. The summed E-state index contributed by atoms with van der Waals surface area (Å²) in [6.07, 6.45) is 4.20. The highest BCUT2D eigenvalue weighted by Gasteiger charge is 2.86. The lowest BCUT2D eigenvalue weighted by molar-refractivity contribution is -0.218. The third-order valence-corrected chi connectivity index (χ3v) is 10.2. The van der Waals surface area contributed by atoms with Crippen molar-refractivity contribution in [2.45, 2.75) is 115 Å². The van der Waals surface area contributed by atoms with Crippen LogP contribution in [0.25, 0.3) is 0 Å². The van der Waals surface area contributed by atoms with E-state index in [4.69, 9.17) is 10.5 Å². The SMILES string of the molecule is CCCCCCCC(=O)O[C@@]12C[C@@H](C)[C@]34C=C(C)[C@H](O)[C@@]3(O)[C@H](O)C(CO)=C[C@](N)(C4O)[C@@H]1C2(C)C. The summed E-state index contributed by atoms with van der Waals surface area (Å²) in [7, 11) is 0. The van der Waals surface area contributed by atoms with Gasteiger partial charge < -0.3 is 36.0 Å². The monoisotopic (exact) mass is 507 g/mol. The number of ether oxygens (including phenoxy) is 1. The molecule has 0 aromatic carbocycles. The van der Waals surface area contributed by atoms with Gasteiger partial charge in [-0.25, -0.2) is 0 Å². The lowest BCUT2D eigenvalue weighted by atomic mass is 9.57. The van der Waals surface area contributed by atoms with Crippen molar-refractivity contribution in [1.29, 1.82) is 0 Å². The Kier molecular flexibility index (Phi) is 6.85. The Morgan fingerprint density at radius 2 is 1.75 bits per heavy atom. The molecule has 1 unspecified atom stereocenters. The van der Waals surface area contributed by atoms with Crippen LogP contribution in [-0.2, 0) is 9.53 Å². The molecule has 4 rings (SSSR count). The van der Waals surface area contributed by atoms with Crippen LogP contribution in [0.2, 0.25) is 0 Å². The Balaban J connectivity index is 1.78. The lowest BCUT2D eigenvalue weighted by Gasteiger charge is -2.53. The van der Waals surface area contributed by atoms with Gasteiger partial charge in [0.1, 0.15) is 23.4 Å². The Morgan fingerprint density at radius 3 is 2.36 bits per heavy atom. The van der Waals surface area contributed by atoms with Crippen LogP contribution < -0.4 is 5.73 Å².